The molecule has 1 N–H and O–H groups in total. The summed E-state index contributed by atoms with van der Waals surface area (Å²) >= 11 is 0. The maximum atomic E-state index is 11.0. The van der Waals surface area contributed by atoms with Crippen LogP contribution in [0.1, 0.15) is 26.3 Å². The molecule has 0 aliphatic carbocycles. The molecule has 2 rings (SSSR count). The van der Waals surface area contributed by atoms with E-state index in [1.54, 1.807) is 0 Å². The first-order chi connectivity index (χ1) is 9.51. The van der Waals surface area contributed by atoms with Gasteiger partial charge in [0.15, 0.2) is 0 Å². The van der Waals surface area contributed by atoms with Crippen LogP contribution in [0.25, 0.3) is 0 Å². The number of ether oxygens (including phenoxy) is 2. The Morgan fingerprint density at radius 2 is 2.25 bits per heavy atom. The highest BCUT2D eigenvalue weighted by Gasteiger charge is 2.28. The second-order valence-electron chi connectivity index (χ2n) is 5.06. The van der Waals surface area contributed by atoms with Crippen LogP contribution in [0, 0.1) is 5.92 Å². The summed E-state index contributed by atoms with van der Waals surface area (Å²) in [6.45, 7) is 10.1. The molecule has 1 heterocycles. The van der Waals surface area contributed by atoms with Crippen molar-refractivity contribution >= 4 is 11.7 Å². The fourth-order valence-electron chi connectivity index (χ4n) is 2.54. The Bertz CT molecular complexity index is 524. The standard InChI is InChI=1S/C16H21NO3/c1-5-19-11(3)15-8-13-6-7-14(20-12(4)18)9-16(13)17-10(15)2/h6-7,9-10,15,17H,3,5,8H2,1-2,4H3/t10-,15?/m1/s1. The van der Waals surface area contributed by atoms with Gasteiger partial charge in [-0.05, 0) is 31.9 Å². The smallest absolute Gasteiger partial charge is 0.308 e. The molecule has 1 unspecified atom stereocenters. The van der Waals surface area contributed by atoms with Gasteiger partial charge in [0, 0.05) is 30.6 Å². The summed E-state index contributed by atoms with van der Waals surface area (Å²) in [5, 5.41) is 3.43. The van der Waals surface area contributed by atoms with Crippen molar-refractivity contribution in [1.29, 1.82) is 0 Å². The summed E-state index contributed by atoms with van der Waals surface area (Å²) in [4.78, 5) is 11.0. The van der Waals surface area contributed by atoms with Crippen molar-refractivity contribution in [1.82, 2.24) is 0 Å². The molecule has 2 atom stereocenters. The fraction of sp³-hybridized carbons (Fsp3) is 0.438. The molecule has 0 saturated heterocycles. The predicted molar refractivity (Wildman–Crippen MR) is 78.8 cm³/mol. The van der Waals surface area contributed by atoms with Crippen molar-refractivity contribution in [2.75, 3.05) is 11.9 Å². The summed E-state index contributed by atoms with van der Waals surface area (Å²) in [5.74, 6) is 1.33. The van der Waals surface area contributed by atoms with Gasteiger partial charge < -0.3 is 14.8 Å². The van der Waals surface area contributed by atoms with Crippen LogP contribution in [0.3, 0.4) is 0 Å². The Balaban J connectivity index is 2.18. The van der Waals surface area contributed by atoms with Crippen LogP contribution in [-0.2, 0) is 16.0 Å². The second kappa shape index (κ2) is 5.99. The number of rotatable bonds is 4. The lowest BCUT2D eigenvalue weighted by atomic mass is 9.87. The van der Waals surface area contributed by atoms with Gasteiger partial charge in [0.2, 0.25) is 0 Å². The predicted octanol–water partition coefficient (Wildman–Crippen LogP) is 3.13. The van der Waals surface area contributed by atoms with Crippen LogP contribution in [0.15, 0.2) is 30.5 Å². The topological polar surface area (TPSA) is 47.6 Å². The van der Waals surface area contributed by atoms with E-state index < -0.39 is 0 Å². The number of hydrogen-bond donors (Lipinski definition) is 1. The fourth-order valence-corrected chi connectivity index (χ4v) is 2.54. The number of carbonyl (C=O) groups excluding carboxylic acids is 1. The largest absolute Gasteiger partial charge is 0.498 e. The first kappa shape index (κ1) is 14.4. The minimum Gasteiger partial charge on any atom is -0.498 e. The summed E-state index contributed by atoms with van der Waals surface area (Å²) in [5.41, 5.74) is 2.20. The van der Waals surface area contributed by atoms with Crippen LogP contribution >= 0.6 is 0 Å². The molecule has 1 aliphatic rings. The number of benzene rings is 1. The zero-order valence-electron chi connectivity index (χ0n) is 12.2. The van der Waals surface area contributed by atoms with Crippen molar-refractivity contribution in [2.24, 2.45) is 5.92 Å². The average Bonchev–Trinajstić information content (AvgIpc) is 2.37. The minimum atomic E-state index is -0.309. The molecule has 0 radical (unpaired) electrons. The molecule has 20 heavy (non-hydrogen) atoms. The van der Waals surface area contributed by atoms with E-state index in [1.807, 2.05) is 25.1 Å². The van der Waals surface area contributed by atoms with Crippen molar-refractivity contribution in [3.8, 4) is 5.75 Å². The molecule has 1 aliphatic heterocycles. The van der Waals surface area contributed by atoms with E-state index in [4.69, 9.17) is 9.47 Å². The van der Waals surface area contributed by atoms with Gasteiger partial charge in [0.25, 0.3) is 0 Å². The summed E-state index contributed by atoms with van der Waals surface area (Å²) in [6, 6.07) is 5.90. The number of esters is 1. The Morgan fingerprint density at radius 3 is 2.90 bits per heavy atom. The number of carbonyl (C=O) groups is 1. The molecule has 1 aromatic rings. The van der Waals surface area contributed by atoms with E-state index in [0.717, 1.165) is 17.9 Å². The first-order valence-electron chi connectivity index (χ1n) is 6.90. The maximum Gasteiger partial charge on any atom is 0.308 e. The highest BCUT2D eigenvalue weighted by molar-refractivity contribution is 5.70. The third-order valence-corrected chi connectivity index (χ3v) is 3.51. The molecular weight excluding hydrogens is 254 g/mol. The zero-order chi connectivity index (χ0) is 14.7. The van der Waals surface area contributed by atoms with Crippen LogP contribution in [-0.4, -0.2) is 18.6 Å². The molecule has 1 aromatic carbocycles. The molecule has 0 fully saturated rings. The number of nitrogens with one attached hydrogen (secondary N) is 1. The normalized spacial score (nSPS) is 20.6. The third-order valence-electron chi connectivity index (χ3n) is 3.51. The molecule has 0 spiro atoms. The van der Waals surface area contributed by atoms with E-state index in [9.17, 15) is 4.79 Å². The minimum absolute atomic E-state index is 0.231. The van der Waals surface area contributed by atoms with Crippen molar-refractivity contribution in [3.63, 3.8) is 0 Å². The Hall–Kier alpha value is -1.97. The second-order valence-corrected chi connectivity index (χ2v) is 5.06. The van der Waals surface area contributed by atoms with E-state index in [0.29, 0.717) is 12.4 Å². The molecule has 4 heteroatoms. The van der Waals surface area contributed by atoms with Crippen LogP contribution < -0.4 is 10.1 Å². The Kier molecular flexibility index (Phi) is 4.32. The first-order valence-corrected chi connectivity index (χ1v) is 6.90. The quantitative estimate of drug-likeness (QED) is 0.521. The van der Waals surface area contributed by atoms with Crippen molar-refractivity contribution < 1.29 is 14.3 Å². The summed E-state index contributed by atoms with van der Waals surface area (Å²) < 4.78 is 10.6. The van der Waals surface area contributed by atoms with Crippen LogP contribution in [0.4, 0.5) is 5.69 Å². The van der Waals surface area contributed by atoms with Gasteiger partial charge in [-0.2, -0.15) is 0 Å². The van der Waals surface area contributed by atoms with Gasteiger partial charge in [-0.1, -0.05) is 12.6 Å². The lowest BCUT2D eigenvalue weighted by Crippen LogP contribution is -2.34. The number of hydrogen-bond acceptors (Lipinski definition) is 4. The highest BCUT2D eigenvalue weighted by atomic mass is 16.5. The lowest BCUT2D eigenvalue weighted by molar-refractivity contribution is -0.131. The Labute approximate surface area is 119 Å². The van der Waals surface area contributed by atoms with Gasteiger partial charge >= 0.3 is 5.97 Å². The van der Waals surface area contributed by atoms with E-state index in [1.165, 1.54) is 12.5 Å². The highest BCUT2D eigenvalue weighted by Crippen LogP contribution is 2.34. The molecule has 0 aromatic heterocycles. The Morgan fingerprint density at radius 1 is 1.50 bits per heavy atom. The molecule has 0 amide bonds. The van der Waals surface area contributed by atoms with E-state index in [-0.39, 0.29) is 17.9 Å². The molecule has 0 bridgehead atoms. The number of fused-ring (bicyclic) bond motifs is 1. The lowest BCUT2D eigenvalue weighted by Gasteiger charge is -2.33. The monoisotopic (exact) mass is 275 g/mol. The SMILES string of the molecule is C=C(OCC)C1Cc2ccc(OC(C)=O)cc2N[C@@H]1C. The van der Waals surface area contributed by atoms with Crippen molar-refractivity contribution in [2.45, 2.75) is 33.2 Å². The van der Waals surface area contributed by atoms with Gasteiger partial charge in [0.05, 0.1) is 12.4 Å². The van der Waals surface area contributed by atoms with Gasteiger partial charge in [-0.3, -0.25) is 4.79 Å². The molecule has 108 valence electrons. The van der Waals surface area contributed by atoms with Gasteiger partial charge in [0.1, 0.15) is 5.75 Å². The van der Waals surface area contributed by atoms with E-state index >= 15 is 0 Å². The van der Waals surface area contributed by atoms with Crippen molar-refractivity contribution in [3.05, 3.63) is 36.1 Å². The molecule has 4 nitrogen and oxygen atoms in total. The van der Waals surface area contributed by atoms with Gasteiger partial charge in [-0.25, -0.2) is 0 Å². The molecule has 0 saturated carbocycles. The summed E-state index contributed by atoms with van der Waals surface area (Å²) in [6.07, 6.45) is 0.878. The number of anilines is 1. The summed E-state index contributed by atoms with van der Waals surface area (Å²) in [7, 11) is 0. The maximum absolute atomic E-state index is 11.0. The third kappa shape index (κ3) is 3.13. The van der Waals surface area contributed by atoms with E-state index in [2.05, 4.69) is 18.8 Å². The van der Waals surface area contributed by atoms with Crippen LogP contribution in [0.5, 0.6) is 5.75 Å². The van der Waals surface area contributed by atoms with Gasteiger partial charge in [-0.15, -0.1) is 0 Å². The zero-order valence-corrected chi connectivity index (χ0v) is 12.2. The molecular formula is C16H21NO3. The van der Waals surface area contributed by atoms with Crippen LogP contribution in [0.2, 0.25) is 0 Å². The average molecular weight is 275 g/mol.